The molecule has 0 bridgehead atoms. The Balaban J connectivity index is 1.92. The van der Waals surface area contributed by atoms with E-state index < -0.39 is 0 Å². The molecule has 1 unspecified atom stereocenters. The number of hydrogen-bond donors (Lipinski definition) is 1. The Bertz CT molecular complexity index is 406. The quantitative estimate of drug-likeness (QED) is 0.844. The lowest BCUT2D eigenvalue weighted by atomic mass is 10.2. The second-order valence-electron chi connectivity index (χ2n) is 4.48. The molecule has 90 valence electrons. The van der Waals surface area contributed by atoms with Gasteiger partial charge in [0, 0.05) is 25.3 Å². The first-order valence-corrected chi connectivity index (χ1v) is 5.81. The van der Waals surface area contributed by atoms with Crippen LogP contribution in [0.1, 0.15) is 12.8 Å². The highest BCUT2D eigenvalue weighted by Crippen LogP contribution is 2.20. The molecule has 0 amide bonds. The predicted molar refractivity (Wildman–Crippen MR) is 65.2 cm³/mol. The van der Waals surface area contributed by atoms with Crippen LogP contribution in [0.3, 0.4) is 0 Å². The maximum Gasteiger partial charge on any atom is 0.123 e. The first-order valence-electron chi connectivity index (χ1n) is 5.81. The molecule has 1 saturated carbocycles. The molecule has 0 spiro atoms. The summed E-state index contributed by atoms with van der Waals surface area (Å²) in [6.45, 7) is 0.610. The fourth-order valence-electron chi connectivity index (χ4n) is 1.74. The van der Waals surface area contributed by atoms with E-state index in [2.05, 4.69) is 11.4 Å². The molecule has 1 aromatic rings. The first-order chi connectivity index (χ1) is 8.19. The number of halogens is 1. The highest BCUT2D eigenvalue weighted by molar-refractivity contribution is 5.45. The number of nitrogens with one attached hydrogen (secondary N) is 1. The van der Waals surface area contributed by atoms with E-state index in [0.29, 0.717) is 12.6 Å². The van der Waals surface area contributed by atoms with Gasteiger partial charge in [-0.25, -0.2) is 4.39 Å². The summed E-state index contributed by atoms with van der Waals surface area (Å²) in [7, 11) is 1.91. The van der Waals surface area contributed by atoms with Crippen LogP contribution in [0, 0.1) is 17.1 Å². The number of rotatable bonds is 5. The number of hydrogen-bond acceptors (Lipinski definition) is 3. The van der Waals surface area contributed by atoms with E-state index in [1.807, 2.05) is 11.9 Å². The fourth-order valence-corrected chi connectivity index (χ4v) is 1.74. The lowest BCUT2D eigenvalue weighted by Crippen LogP contribution is -2.39. The van der Waals surface area contributed by atoms with Crippen LogP contribution < -0.4 is 10.2 Å². The lowest BCUT2D eigenvalue weighted by Gasteiger charge is -2.22. The Morgan fingerprint density at radius 2 is 2.12 bits per heavy atom. The van der Waals surface area contributed by atoms with Gasteiger partial charge in [0.2, 0.25) is 0 Å². The number of anilines is 1. The van der Waals surface area contributed by atoms with Gasteiger partial charge < -0.3 is 4.90 Å². The van der Waals surface area contributed by atoms with Crippen molar-refractivity contribution in [3.8, 4) is 6.07 Å². The molecule has 1 N–H and O–H groups in total. The molecule has 17 heavy (non-hydrogen) atoms. The Hall–Kier alpha value is -1.60. The van der Waals surface area contributed by atoms with Gasteiger partial charge >= 0.3 is 0 Å². The summed E-state index contributed by atoms with van der Waals surface area (Å²) in [6.07, 6.45) is 2.33. The molecule has 1 atom stereocenters. The third kappa shape index (κ3) is 3.43. The molecule has 0 radical (unpaired) electrons. The standard InChI is InChI=1S/C13H16FN3/c1-17(13-6-2-10(14)3-7-13)9-12(8-15)16-11-4-5-11/h2-3,6-7,11-12,16H,4-5,9H2,1H3. The second kappa shape index (κ2) is 5.15. The number of nitriles is 1. The topological polar surface area (TPSA) is 39.1 Å². The maximum atomic E-state index is 12.8. The van der Waals surface area contributed by atoms with Gasteiger partial charge in [0.25, 0.3) is 0 Å². The third-order valence-corrected chi connectivity index (χ3v) is 2.89. The van der Waals surface area contributed by atoms with Gasteiger partial charge in [-0.2, -0.15) is 5.26 Å². The Morgan fingerprint density at radius 1 is 1.47 bits per heavy atom. The lowest BCUT2D eigenvalue weighted by molar-refractivity contribution is 0.592. The Labute approximate surface area is 101 Å². The maximum absolute atomic E-state index is 12.8. The zero-order chi connectivity index (χ0) is 12.3. The van der Waals surface area contributed by atoms with Crippen LogP contribution >= 0.6 is 0 Å². The number of likely N-dealkylation sites (N-methyl/N-ethyl adjacent to an activating group) is 1. The van der Waals surface area contributed by atoms with Gasteiger partial charge in [0.05, 0.1) is 6.07 Å². The zero-order valence-corrected chi connectivity index (χ0v) is 9.86. The van der Waals surface area contributed by atoms with E-state index >= 15 is 0 Å². The number of nitrogens with zero attached hydrogens (tertiary/aromatic N) is 2. The minimum absolute atomic E-state index is 0.169. The minimum atomic E-state index is -0.241. The van der Waals surface area contributed by atoms with E-state index in [9.17, 15) is 4.39 Å². The average Bonchev–Trinajstić information content (AvgIpc) is 3.13. The van der Waals surface area contributed by atoms with Crippen LogP contribution in [0.15, 0.2) is 24.3 Å². The van der Waals surface area contributed by atoms with Crippen LogP contribution in [0.25, 0.3) is 0 Å². The Kier molecular flexibility index (Phi) is 3.60. The normalized spacial score (nSPS) is 16.3. The van der Waals surface area contributed by atoms with Gasteiger partial charge in [-0.3, -0.25) is 5.32 Å². The van der Waals surface area contributed by atoms with Crippen molar-refractivity contribution >= 4 is 5.69 Å². The van der Waals surface area contributed by atoms with E-state index in [4.69, 9.17) is 5.26 Å². The van der Waals surface area contributed by atoms with Gasteiger partial charge in [0.1, 0.15) is 11.9 Å². The van der Waals surface area contributed by atoms with E-state index in [-0.39, 0.29) is 11.9 Å². The largest absolute Gasteiger partial charge is 0.372 e. The molecule has 0 heterocycles. The predicted octanol–water partition coefficient (Wildman–Crippen LogP) is 1.91. The summed E-state index contributed by atoms with van der Waals surface area (Å²) >= 11 is 0. The van der Waals surface area contributed by atoms with Crippen molar-refractivity contribution in [2.45, 2.75) is 24.9 Å². The number of benzene rings is 1. The summed E-state index contributed by atoms with van der Waals surface area (Å²) in [6, 6.07) is 8.92. The van der Waals surface area contributed by atoms with Crippen LogP contribution in [0.5, 0.6) is 0 Å². The molecule has 1 fully saturated rings. The molecule has 3 nitrogen and oxygen atoms in total. The second-order valence-corrected chi connectivity index (χ2v) is 4.48. The summed E-state index contributed by atoms with van der Waals surface area (Å²) in [5.41, 5.74) is 0.921. The SMILES string of the molecule is CN(CC(C#N)NC1CC1)c1ccc(F)cc1. The van der Waals surface area contributed by atoms with Crippen molar-refractivity contribution in [2.24, 2.45) is 0 Å². The van der Waals surface area contributed by atoms with E-state index in [1.54, 1.807) is 12.1 Å². The molecule has 1 aliphatic rings. The molecular weight excluding hydrogens is 217 g/mol. The van der Waals surface area contributed by atoms with Crippen LogP contribution in [0.2, 0.25) is 0 Å². The van der Waals surface area contributed by atoms with Crippen molar-refractivity contribution in [2.75, 3.05) is 18.5 Å². The molecule has 0 aliphatic heterocycles. The minimum Gasteiger partial charge on any atom is -0.372 e. The monoisotopic (exact) mass is 233 g/mol. The average molecular weight is 233 g/mol. The molecule has 1 aliphatic carbocycles. The summed E-state index contributed by atoms with van der Waals surface area (Å²) in [4.78, 5) is 1.96. The molecule has 1 aromatic carbocycles. The van der Waals surface area contributed by atoms with Crippen molar-refractivity contribution in [1.29, 1.82) is 5.26 Å². The summed E-state index contributed by atoms with van der Waals surface area (Å²) in [5.74, 6) is -0.241. The van der Waals surface area contributed by atoms with Crippen molar-refractivity contribution in [1.82, 2.24) is 5.32 Å². The molecule has 4 heteroatoms. The van der Waals surface area contributed by atoms with E-state index in [1.165, 1.54) is 25.0 Å². The van der Waals surface area contributed by atoms with Crippen LogP contribution in [0.4, 0.5) is 10.1 Å². The fraction of sp³-hybridized carbons (Fsp3) is 0.462. The Morgan fingerprint density at radius 3 is 2.65 bits per heavy atom. The van der Waals surface area contributed by atoms with Crippen molar-refractivity contribution in [3.63, 3.8) is 0 Å². The van der Waals surface area contributed by atoms with E-state index in [0.717, 1.165) is 5.69 Å². The van der Waals surface area contributed by atoms with Gasteiger partial charge in [0.15, 0.2) is 0 Å². The van der Waals surface area contributed by atoms with Gasteiger partial charge in [-0.1, -0.05) is 0 Å². The molecule has 0 aromatic heterocycles. The highest BCUT2D eigenvalue weighted by atomic mass is 19.1. The molecular formula is C13H16FN3. The third-order valence-electron chi connectivity index (χ3n) is 2.89. The smallest absolute Gasteiger partial charge is 0.123 e. The van der Waals surface area contributed by atoms with Gasteiger partial charge in [-0.05, 0) is 37.1 Å². The highest BCUT2D eigenvalue weighted by Gasteiger charge is 2.25. The van der Waals surface area contributed by atoms with Crippen molar-refractivity contribution < 1.29 is 4.39 Å². The van der Waals surface area contributed by atoms with Crippen LogP contribution in [-0.4, -0.2) is 25.7 Å². The zero-order valence-electron chi connectivity index (χ0n) is 9.86. The molecule has 0 saturated heterocycles. The first kappa shape index (κ1) is 11.9. The van der Waals surface area contributed by atoms with Crippen LogP contribution in [-0.2, 0) is 0 Å². The molecule has 2 rings (SSSR count). The van der Waals surface area contributed by atoms with Gasteiger partial charge in [-0.15, -0.1) is 0 Å². The summed E-state index contributed by atoms with van der Waals surface area (Å²) < 4.78 is 12.8. The summed E-state index contributed by atoms with van der Waals surface area (Å²) in [5, 5.41) is 12.3. The van der Waals surface area contributed by atoms with Crippen molar-refractivity contribution in [3.05, 3.63) is 30.1 Å².